The molecule has 0 aliphatic carbocycles. The number of ether oxygens (including phenoxy) is 1. The van der Waals surface area contributed by atoms with Crippen molar-refractivity contribution >= 4 is 17.5 Å². The molecule has 0 fully saturated rings. The molecule has 0 radical (unpaired) electrons. The number of hydrogen-bond acceptors (Lipinski definition) is 4. The summed E-state index contributed by atoms with van der Waals surface area (Å²) < 4.78 is 5.20. The molecule has 0 saturated carbocycles. The molecule has 0 aliphatic rings. The second-order valence-electron chi connectivity index (χ2n) is 3.99. The summed E-state index contributed by atoms with van der Waals surface area (Å²) in [5.41, 5.74) is 0.630. The lowest BCUT2D eigenvalue weighted by Crippen LogP contribution is -2.05. The van der Waals surface area contributed by atoms with E-state index in [2.05, 4.69) is 0 Å². The van der Waals surface area contributed by atoms with Crippen LogP contribution in [-0.4, -0.2) is 30.4 Å². The first kappa shape index (κ1) is 14.1. The summed E-state index contributed by atoms with van der Waals surface area (Å²) >= 11 is 1.58. The zero-order chi connectivity index (χ0) is 12.8. The Morgan fingerprint density at radius 2 is 2.24 bits per heavy atom. The first-order valence-electron chi connectivity index (χ1n) is 5.51. The van der Waals surface area contributed by atoms with Gasteiger partial charge in [0.15, 0.2) is 5.78 Å². The van der Waals surface area contributed by atoms with Crippen molar-refractivity contribution in [3.63, 3.8) is 0 Å². The molecule has 4 heteroatoms. The zero-order valence-electron chi connectivity index (χ0n) is 10.4. The van der Waals surface area contributed by atoms with Gasteiger partial charge in [-0.05, 0) is 25.0 Å². The van der Waals surface area contributed by atoms with Gasteiger partial charge >= 0.3 is 0 Å². The van der Waals surface area contributed by atoms with E-state index in [1.165, 1.54) is 6.92 Å². The Bertz CT molecular complexity index is 390. The van der Waals surface area contributed by atoms with Gasteiger partial charge in [-0.3, -0.25) is 4.79 Å². The number of Topliss-reactive ketones (excluding diaryl/α,β-unsaturated/α-hetero) is 1. The molecule has 3 nitrogen and oxygen atoms in total. The van der Waals surface area contributed by atoms with E-state index in [1.54, 1.807) is 24.9 Å². The minimum atomic E-state index is 0.00148. The summed E-state index contributed by atoms with van der Waals surface area (Å²) in [7, 11) is 1.56. The molecule has 1 aromatic rings. The second-order valence-corrected chi connectivity index (χ2v) is 5.05. The van der Waals surface area contributed by atoms with Crippen LogP contribution in [0.15, 0.2) is 23.1 Å². The van der Waals surface area contributed by atoms with E-state index in [-0.39, 0.29) is 18.3 Å². The zero-order valence-corrected chi connectivity index (χ0v) is 11.2. The van der Waals surface area contributed by atoms with Crippen molar-refractivity contribution < 1.29 is 14.6 Å². The Labute approximate surface area is 106 Å². The minimum absolute atomic E-state index is 0.00148. The lowest BCUT2D eigenvalue weighted by atomic mass is 10.1. The monoisotopic (exact) mass is 254 g/mol. The van der Waals surface area contributed by atoms with Gasteiger partial charge in [0.05, 0.1) is 12.7 Å². The van der Waals surface area contributed by atoms with Gasteiger partial charge in [0, 0.05) is 17.3 Å². The maximum absolute atomic E-state index is 11.6. The molecule has 0 aromatic heterocycles. The summed E-state index contributed by atoms with van der Waals surface area (Å²) in [4.78, 5) is 12.5. The smallest absolute Gasteiger partial charge is 0.164 e. The topological polar surface area (TPSA) is 46.5 Å². The standard InChI is InChI=1S/C13H18O3S/c1-9(7-14)8-17-12-6-4-5-11(16-3)13(12)10(2)15/h4-6,9,14H,7-8H2,1-3H3. The largest absolute Gasteiger partial charge is 0.496 e. The summed E-state index contributed by atoms with van der Waals surface area (Å²) in [5.74, 6) is 1.61. The molecule has 0 heterocycles. The van der Waals surface area contributed by atoms with Crippen LogP contribution in [0.4, 0.5) is 0 Å². The minimum Gasteiger partial charge on any atom is -0.496 e. The average Bonchev–Trinajstić information content (AvgIpc) is 2.34. The van der Waals surface area contributed by atoms with Crippen LogP contribution in [0.25, 0.3) is 0 Å². The highest BCUT2D eigenvalue weighted by molar-refractivity contribution is 7.99. The number of ketones is 1. The lowest BCUT2D eigenvalue weighted by Gasteiger charge is -2.12. The summed E-state index contributed by atoms with van der Waals surface area (Å²) in [6.45, 7) is 3.67. The molecule has 0 aliphatic heterocycles. The molecule has 0 saturated heterocycles. The van der Waals surface area contributed by atoms with E-state index < -0.39 is 0 Å². The number of thioether (sulfide) groups is 1. The number of carbonyl (C=O) groups is 1. The number of methoxy groups -OCH3 is 1. The van der Waals surface area contributed by atoms with Crippen molar-refractivity contribution in [3.05, 3.63) is 23.8 Å². The van der Waals surface area contributed by atoms with Crippen LogP contribution < -0.4 is 4.74 Å². The third kappa shape index (κ3) is 3.75. The van der Waals surface area contributed by atoms with E-state index in [9.17, 15) is 4.79 Å². The molecular formula is C13H18O3S. The lowest BCUT2D eigenvalue weighted by molar-refractivity contribution is 0.101. The molecule has 0 spiro atoms. The van der Waals surface area contributed by atoms with Gasteiger partial charge in [-0.1, -0.05) is 13.0 Å². The third-order valence-electron chi connectivity index (χ3n) is 2.40. The van der Waals surface area contributed by atoms with Crippen LogP contribution in [0.1, 0.15) is 24.2 Å². The SMILES string of the molecule is COc1cccc(SCC(C)CO)c1C(C)=O. The van der Waals surface area contributed by atoms with Gasteiger partial charge in [0.2, 0.25) is 0 Å². The van der Waals surface area contributed by atoms with Crippen LogP contribution in [0.3, 0.4) is 0 Å². The van der Waals surface area contributed by atoms with E-state index in [0.717, 1.165) is 10.6 Å². The van der Waals surface area contributed by atoms with E-state index in [0.29, 0.717) is 11.3 Å². The number of aliphatic hydroxyl groups is 1. The summed E-state index contributed by atoms with van der Waals surface area (Å²) in [6, 6.07) is 5.57. The van der Waals surface area contributed by atoms with Gasteiger partial charge in [-0.25, -0.2) is 0 Å². The molecule has 94 valence electrons. The third-order valence-corrected chi connectivity index (χ3v) is 3.78. The number of carbonyl (C=O) groups excluding carboxylic acids is 1. The van der Waals surface area contributed by atoms with Crippen molar-refractivity contribution in [1.82, 2.24) is 0 Å². The van der Waals surface area contributed by atoms with Crippen LogP contribution in [0.5, 0.6) is 5.75 Å². The quantitative estimate of drug-likeness (QED) is 0.626. The average molecular weight is 254 g/mol. The highest BCUT2D eigenvalue weighted by Gasteiger charge is 2.14. The fourth-order valence-corrected chi connectivity index (χ4v) is 2.57. The van der Waals surface area contributed by atoms with Gasteiger partial charge in [-0.2, -0.15) is 0 Å². The Balaban J connectivity index is 2.94. The molecule has 1 rings (SSSR count). The Morgan fingerprint density at radius 1 is 1.53 bits per heavy atom. The molecular weight excluding hydrogens is 236 g/mol. The molecule has 1 atom stereocenters. The Kier molecular flexibility index (Phi) is 5.51. The van der Waals surface area contributed by atoms with E-state index >= 15 is 0 Å². The van der Waals surface area contributed by atoms with Crippen LogP contribution >= 0.6 is 11.8 Å². The highest BCUT2D eigenvalue weighted by Crippen LogP contribution is 2.31. The number of benzene rings is 1. The van der Waals surface area contributed by atoms with E-state index in [4.69, 9.17) is 9.84 Å². The maximum atomic E-state index is 11.6. The first-order chi connectivity index (χ1) is 8.10. The van der Waals surface area contributed by atoms with Gasteiger partial charge in [0.1, 0.15) is 5.75 Å². The normalized spacial score (nSPS) is 12.2. The van der Waals surface area contributed by atoms with Crippen molar-refractivity contribution in [2.24, 2.45) is 5.92 Å². The molecule has 17 heavy (non-hydrogen) atoms. The molecule has 0 bridgehead atoms. The number of hydrogen-bond donors (Lipinski definition) is 1. The predicted molar refractivity (Wildman–Crippen MR) is 70.0 cm³/mol. The fourth-order valence-electron chi connectivity index (χ4n) is 1.43. The number of rotatable bonds is 6. The van der Waals surface area contributed by atoms with E-state index in [1.807, 2.05) is 19.1 Å². The number of aliphatic hydroxyl groups excluding tert-OH is 1. The fraction of sp³-hybridized carbons (Fsp3) is 0.462. The van der Waals surface area contributed by atoms with Gasteiger partial charge < -0.3 is 9.84 Å². The first-order valence-corrected chi connectivity index (χ1v) is 6.50. The second kappa shape index (κ2) is 6.67. The molecule has 0 amide bonds. The molecule has 1 unspecified atom stereocenters. The molecule has 1 N–H and O–H groups in total. The van der Waals surface area contributed by atoms with Crippen molar-refractivity contribution in [1.29, 1.82) is 0 Å². The summed E-state index contributed by atoms with van der Waals surface area (Å²) in [5, 5.41) is 8.99. The van der Waals surface area contributed by atoms with Crippen LogP contribution in [-0.2, 0) is 0 Å². The van der Waals surface area contributed by atoms with Crippen molar-refractivity contribution in [2.45, 2.75) is 18.7 Å². The predicted octanol–water partition coefficient (Wildman–Crippen LogP) is 2.62. The van der Waals surface area contributed by atoms with Gasteiger partial charge in [-0.15, -0.1) is 11.8 Å². The highest BCUT2D eigenvalue weighted by atomic mass is 32.2. The van der Waals surface area contributed by atoms with Gasteiger partial charge in [0.25, 0.3) is 0 Å². The summed E-state index contributed by atoms with van der Waals surface area (Å²) in [6.07, 6.45) is 0. The maximum Gasteiger partial charge on any atom is 0.164 e. The van der Waals surface area contributed by atoms with Crippen LogP contribution in [0, 0.1) is 5.92 Å². The Morgan fingerprint density at radius 3 is 2.76 bits per heavy atom. The van der Waals surface area contributed by atoms with Crippen molar-refractivity contribution in [2.75, 3.05) is 19.5 Å². The van der Waals surface area contributed by atoms with Crippen molar-refractivity contribution in [3.8, 4) is 5.75 Å². The Hall–Kier alpha value is -1.00. The van der Waals surface area contributed by atoms with Crippen LogP contribution in [0.2, 0.25) is 0 Å². The molecule has 1 aromatic carbocycles.